The lowest BCUT2D eigenvalue weighted by Crippen LogP contribution is -2.43. The molecule has 1 heterocycles. The number of rotatable bonds is 4. The number of ether oxygens (including phenoxy) is 1. The molecule has 1 aromatic rings. The first kappa shape index (κ1) is 18.0. The second-order valence-corrected chi connectivity index (χ2v) is 7.35. The van der Waals surface area contributed by atoms with Crippen molar-refractivity contribution in [3.63, 3.8) is 0 Å². The SMILES string of the molecule is COC(=O)[C@@H]1CCCCC[C@H]1NC(=O)c1cnn(C2CCCCC2)c1. The molecule has 2 atom stereocenters. The van der Waals surface area contributed by atoms with Crippen molar-refractivity contribution in [3.05, 3.63) is 18.0 Å². The maximum absolute atomic E-state index is 12.7. The van der Waals surface area contributed by atoms with E-state index in [0.717, 1.165) is 44.9 Å². The number of nitrogens with one attached hydrogen (secondary N) is 1. The van der Waals surface area contributed by atoms with Crippen LogP contribution in [0.1, 0.15) is 80.6 Å². The van der Waals surface area contributed by atoms with Crippen molar-refractivity contribution in [1.82, 2.24) is 15.1 Å². The van der Waals surface area contributed by atoms with Crippen molar-refractivity contribution in [3.8, 4) is 0 Å². The molecule has 2 aliphatic carbocycles. The van der Waals surface area contributed by atoms with Crippen LogP contribution in [-0.4, -0.2) is 34.8 Å². The van der Waals surface area contributed by atoms with E-state index >= 15 is 0 Å². The number of amides is 1. The van der Waals surface area contributed by atoms with Crippen LogP contribution in [0.2, 0.25) is 0 Å². The van der Waals surface area contributed by atoms with Crippen molar-refractivity contribution in [2.75, 3.05) is 7.11 Å². The van der Waals surface area contributed by atoms with Gasteiger partial charge >= 0.3 is 5.97 Å². The van der Waals surface area contributed by atoms with E-state index < -0.39 is 0 Å². The van der Waals surface area contributed by atoms with E-state index in [2.05, 4.69) is 10.4 Å². The highest BCUT2D eigenvalue weighted by molar-refractivity contribution is 5.94. The number of hydrogen-bond acceptors (Lipinski definition) is 4. The Morgan fingerprint density at radius 1 is 1.08 bits per heavy atom. The van der Waals surface area contributed by atoms with Gasteiger partial charge in [0.2, 0.25) is 0 Å². The second kappa shape index (κ2) is 8.50. The van der Waals surface area contributed by atoms with Crippen LogP contribution in [0.4, 0.5) is 0 Å². The topological polar surface area (TPSA) is 73.2 Å². The van der Waals surface area contributed by atoms with Gasteiger partial charge in [0.15, 0.2) is 0 Å². The number of carbonyl (C=O) groups is 2. The molecule has 2 fully saturated rings. The van der Waals surface area contributed by atoms with Gasteiger partial charge in [0.25, 0.3) is 5.91 Å². The molecule has 25 heavy (non-hydrogen) atoms. The van der Waals surface area contributed by atoms with Crippen LogP contribution in [0.5, 0.6) is 0 Å². The van der Waals surface area contributed by atoms with E-state index in [9.17, 15) is 9.59 Å². The molecular weight excluding hydrogens is 318 g/mol. The summed E-state index contributed by atoms with van der Waals surface area (Å²) in [4.78, 5) is 24.7. The minimum absolute atomic E-state index is 0.136. The Kier molecular flexibility index (Phi) is 6.10. The molecule has 0 radical (unpaired) electrons. The number of hydrogen-bond donors (Lipinski definition) is 1. The van der Waals surface area contributed by atoms with Gasteiger partial charge < -0.3 is 10.1 Å². The maximum Gasteiger partial charge on any atom is 0.310 e. The zero-order valence-corrected chi connectivity index (χ0v) is 15.1. The molecule has 138 valence electrons. The van der Waals surface area contributed by atoms with Crippen LogP contribution in [0.3, 0.4) is 0 Å². The van der Waals surface area contributed by atoms with Gasteiger partial charge in [-0.15, -0.1) is 0 Å². The lowest BCUT2D eigenvalue weighted by molar-refractivity contribution is -0.146. The number of nitrogens with zero attached hydrogens (tertiary/aromatic N) is 2. The van der Waals surface area contributed by atoms with Gasteiger partial charge in [-0.2, -0.15) is 5.10 Å². The van der Waals surface area contributed by atoms with Gasteiger partial charge in [0, 0.05) is 12.2 Å². The van der Waals surface area contributed by atoms with Crippen LogP contribution in [0.15, 0.2) is 12.4 Å². The Bertz CT molecular complexity index is 592. The molecule has 6 heteroatoms. The summed E-state index contributed by atoms with van der Waals surface area (Å²) in [5.41, 5.74) is 0.582. The first-order chi connectivity index (χ1) is 12.2. The molecule has 0 bridgehead atoms. The first-order valence-electron chi connectivity index (χ1n) is 9.62. The zero-order valence-electron chi connectivity index (χ0n) is 15.1. The third kappa shape index (κ3) is 4.41. The molecule has 3 rings (SSSR count). The smallest absolute Gasteiger partial charge is 0.310 e. The second-order valence-electron chi connectivity index (χ2n) is 7.35. The molecular formula is C19H29N3O3. The fourth-order valence-corrected chi connectivity index (χ4v) is 4.17. The molecule has 0 spiro atoms. The number of carbonyl (C=O) groups excluding carboxylic acids is 2. The Morgan fingerprint density at radius 3 is 2.48 bits per heavy atom. The highest BCUT2D eigenvalue weighted by Gasteiger charge is 2.32. The largest absolute Gasteiger partial charge is 0.469 e. The number of methoxy groups -OCH3 is 1. The normalized spacial score (nSPS) is 25.2. The minimum Gasteiger partial charge on any atom is -0.469 e. The van der Waals surface area contributed by atoms with Gasteiger partial charge in [-0.25, -0.2) is 0 Å². The van der Waals surface area contributed by atoms with Crippen LogP contribution < -0.4 is 5.32 Å². The lowest BCUT2D eigenvalue weighted by atomic mass is 9.94. The zero-order chi connectivity index (χ0) is 17.6. The highest BCUT2D eigenvalue weighted by Crippen LogP contribution is 2.28. The molecule has 0 unspecified atom stereocenters. The average Bonchev–Trinajstić information content (AvgIpc) is 3.03. The molecule has 2 saturated carbocycles. The molecule has 1 aromatic heterocycles. The fraction of sp³-hybridized carbons (Fsp3) is 0.737. The third-order valence-electron chi connectivity index (χ3n) is 5.65. The van der Waals surface area contributed by atoms with Gasteiger partial charge in [0.05, 0.1) is 30.8 Å². The molecule has 0 saturated heterocycles. The summed E-state index contributed by atoms with van der Waals surface area (Å²) < 4.78 is 6.88. The maximum atomic E-state index is 12.7. The Balaban J connectivity index is 1.65. The van der Waals surface area contributed by atoms with E-state index in [0.29, 0.717) is 11.6 Å². The summed E-state index contributed by atoms with van der Waals surface area (Å²) in [6.45, 7) is 0. The highest BCUT2D eigenvalue weighted by atomic mass is 16.5. The molecule has 0 aliphatic heterocycles. The summed E-state index contributed by atoms with van der Waals surface area (Å²) >= 11 is 0. The Labute approximate surface area is 149 Å². The van der Waals surface area contributed by atoms with Crippen LogP contribution in [0.25, 0.3) is 0 Å². The summed E-state index contributed by atoms with van der Waals surface area (Å²) in [6.07, 6.45) is 14.3. The summed E-state index contributed by atoms with van der Waals surface area (Å²) in [6, 6.07) is 0.261. The first-order valence-corrected chi connectivity index (χ1v) is 9.62. The van der Waals surface area contributed by atoms with E-state index in [1.807, 2.05) is 10.9 Å². The average molecular weight is 347 g/mol. The van der Waals surface area contributed by atoms with Crippen molar-refractivity contribution >= 4 is 11.9 Å². The van der Waals surface area contributed by atoms with Gasteiger partial charge in [0.1, 0.15) is 0 Å². The van der Waals surface area contributed by atoms with Crippen molar-refractivity contribution in [2.45, 2.75) is 76.3 Å². The third-order valence-corrected chi connectivity index (χ3v) is 5.65. The molecule has 6 nitrogen and oxygen atoms in total. The van der Waals surface area contributed by atoms with Crippen LogP contribution >= 0.6 is 0 Å². The summed E-state index contributed by atoms with van der Waals surface area (Å²) in [5.74, 6) is -0.599. The predicted octanol–water partition coefficient (Wildman–Crippen LogP) is 3.24. The lowest BCUT2D eigenvalue weighted by Gasteiger charge is -2.24. The monoisotopic (exact) mass is 347 g/mol. The Morgan fingerprint density at radius 2 is 1.76 bits per heavy atom. The quantitative estimate of drug-likeness (QED) is 0.670. The van der Waals surface area contributed by atoms with Crippen LogP contribution in [-0.2, 0) is 9.53 Å². The predicted molar refractivity (Wildman–Crippen MR) is 94.2 cm³/mol. The molecule has 0 aromatic carbocycles. The van der Waals surface area contributed by atoms with Gasteiger partial charge in [-0.3, -0.25) is 14.3 Å². The molecule has 1 N–H and O–H groups in total. The number of aromatic nitrogens is 2. The van der Waals surface area contributed by atoms with E-state index in [4.69, 9.17) is 4.74 Å². The Hall–Kier alpha value is -1.85. The fourth-order valence-electron chi connectivity index (χ4n) is 4.17. The van der Waals surface area contributed by atoms with Crippen molar-refractivity contribution in [1.29, 1.82) is 0 Å². The standard InChI is InChI=1S/C19H29N3O3/c1-25-19(24)16-10-6-3-7-11-17(16)21-18(23)14-12-20-22(13-14)15-8-4-2-5-9-15/h12-13,15-17H,2-11H2,1H3,(H,21,23)/t16-,17-/m1/s1. The van der Waals surface area contributed by atoms with E-state index in [1.165, 1.54) is 26.4 Å². The van der Waals surface area contributed by atoms with Crippen LogP contribution in [0, 0.1) is 5.92 Å². The van der Waals surface area contributed by atoms with E-state index in [1.54, 1.807) is 6.20 Å². The molecule has 2 aliphatic rings. The van der Waals surface area contributed by atoms with Crippen molar-refractivity contribution in [2.24, 2.45) is 5.92 Å². The summed E-state index contributed by atoms with van der Waals surface area (Å²) in [7, 11) is 1.42. The summed E-state index contributed by atoms with van der Waals surface area (Å²) in [5, 5.41) is 7.47. The molecule has 1 amide bonds. The number of esters is 1. The van der Waals surface area contributed by atoms with Gasteiger partial charge in [-0.05, 0) is 25.7 Å². The van der Waals surface area contributed by atoms with E-state index in [-0.39, 0.29) is 23.8 Å². The van der Waals surface area contributed by atoms with Gasteiger partial charge in [-0.1, -0.05) is 38.5 Å². The van der Waals surface area contributed by atoms with Crippen molar-refractivity contribution < 1.29 is 14.3 Å². The minimum atomic E-state index is -0.246.